The summed E-state index contributed by atoms with van der Waals surface area (Å²) in [6.45, 7) is 6.68. The number of rotatable bonds is 5. The van der Waals surface area contributed by atoms with E-state index < -0.39 is 23.4 Å². The molecule has 0 aromatic heterocycles. The van der Waals surface area contributed by atoms with E-state index in [0.717, 1.165) is 28.2 Å². The van der Waals surface area contributed by atoms with Crippen molar-refractivity contribution in [2.45, 2.75) is 13.8 Å². The summed E-state index contributed by atoms with van der Waals surface area (Å²) in [5, 5.41) is 9.19. The number of aryl methyl sites for hydroxylation is 2. The molecule has 1 fully saturated rings. The monoisotopic (exact) mass is 441 g/mol. The van der Waals surface area contributed by atoms with Gasteiger partial charge in [-0.15, -0.1) is 0 Å². The summed E-state index contributed by atoms with van der Waals surface area (Å²) >= 11 is 0. The van der Waals surface area contributed by atoms with Gasteiger partial charge >= 0.3 is 0 Å². The first kappa shape index (κ1) is 22.1. The zero-order valence-electron chi connectivity index (χ0n) is 18.1. The molecule has 168 valence electrons. The third kappa shape index (κ3) is 3.91. The van der Waals surface area contributed by atoms with E-state index in [2.05, 4.69) is 4.90 Å². The van der Waals surface area contributed by atoms with Gasteiger partial charge in [-0.1, -0.05) is 18.2 Å². The van der Waals surface area contributed by atoms with E-state index in [0.29, 0.717) is 44.4 Å². The van der Waals surface area contributed by atoms with Gasteiger partial charge in [0.2, 0.25) is 0 Å². The van der Waals surface area contributed by atoms with Gasteiger partial charge in [0.25, 0.3) is 11.8 Å². The van der Waals surface area contributed by atoms with Crippen LogP contribution in [0.1, 0.15) is 16.7 Å². The van der Waals surface area contributed by atoms with Gasteiger partial charge in [0, 0.05) is 38.8 Å². The minimum atomic E-state index is -0.972. The number of piperazine rings is 1. The van der Waals surface area contributed by atoms with E-state index >= 15 is 0 Å². The molecule has 2 heterocycles. The maximum atomic E-state index is 14.6. The number of carbonyl (C=O) groups is 2. The summed E-state index contributed by atoms with van der Waals surface area (Å²) in [5.74, 6) is -3.01. The van der Waals surface area contributed by atoms with Gasteiger partial charge in [-0.25, -0.2) is 13.7 Å². The van der Waals surface area contributed by atoms with Crippen LogP contribution in [-0.4, -0.2) is 66.1 Å². The van der Waals surface area contributed by atoms with Crippen molar-refractivity contribution in [3.63, 3.8) is 0 Å². The quantitative estimate of drug-likeness (QED) is 0.723. The molecular formula is C24H25F2N3O3. The summed E-state index contributed by atoms with van der Waals surface area (Å²) in [7, 11) is 0. The molecule has 2 amide bonds. The summed E-state index contributed by atoms with van der Waals surface area (Å²) in [6, 6.07) is 8.32. The van der Waals surface area contributed by atoms with E-state index in [1.54, 1.807) is 6.07 Å². The lowest BCUT2D eigenvalue weighted by Crippen LogP contribution is -2.48. The van der Waals surface area contributed by atoms with Crippen LogP contribution >= 0.6 is 0 Å². The number of carbonyl (C=O) groups excluding carboxylic acids is 2. The van der Waals surface area contributed by atoms with Crippen molar-refractivity contribution in [3.05, 3.63) is 70.4 Å². The fraction of sp³-hybridized carbons (Fsp3) is 0.333. The van der Waals surface area contributed by atoms with Crippen molar-refractivity contribution in [2.75, 3.05) is 44.2 Å². The van der Waals surface area contributed by atoms with Gasteiger partial charge < -0.3 is 10.0 Å². The first-order chi connectivity index (χ1) is 15.3. The molecule has 4 rings (SSSR count). The molecule has 0 bridgehead atoms. The minimum absolute atomic E-state index is 0.0472. The lowest BCUT2D eigenvalue weighted by atomic mass is 9.99. The number of nitrogens with zero attached hydrogens (tertiary/aromatic N) is 3. The Morgan fingerprint density at radius 1 is 0.906 bits per heavy atom. The molecule has 0 radical (unpaired) electrons. The van der Waals surface area contributed by atoms with Crippen molar-refractivity contribution >= 4 is 23.1 Å². The normalized spacial score (nSPS) is 17.7. The number of benzene rings is 2. The van der Waals surface area contributed by atoms with Gasteiger partial charge in [0.15, 0.2) is 0 Å². The zero-order valence-corrected chi connectivity index (χ0v) is 18.1. The van der Waals surface area contributed by atoms with Gasteiger partial charge in [0.1, 0.15) is 17.3 Å². The van der Waals surface area contributed by atoms with Crippen LogP contribution in [0.15, 0.2) is 42.1 Å². The molecule has 2 aliphatic heterocycles. The van der Waals surface area contributed by atoms with Crippen LogP contribution in [0.4, 0.5) is 14.5 Å². The zero-order chi connectivity index (χ0) is 23.0. The molecule has 2 aromatic rings. The second-order valence-electron chi connectivity index (χ2n) is 8.12. The first-order valence-corrected chi connectivity index (χ1v) is 10.6. The molecule has 0 unspecified atom stereocenters. The van der Waals surface area contributed by atoms with Gasteiger partial charge in [0.05, 0.1) is 17.9 Å². The lowest BCUT2D eigenvalue weighted by molar-refractivity contribution is -0.120. The molecule has 0 saturated carbocycles. The Morgan fingerprint density at radius 3 is 2.25 bits per heavy atom. The van der Waals surface area contributed by atoms with E-state index in [1.807, 2.05) is 30.9 Å². The largest absolute Gasteiger partial charge is 0.395 e. The summed E-state index contributed by atoms with van der Waals surface area (Å²) in [6.07, 6.45) is 0. The van der Waals surface area contributed by atoms with E-state index in [-0.39, 0.29) is 23.6 Å². The van der Waals surface area contributed by atoms with E-state index in [4.69, 9.17) is 0 Å². The van der Waals surface area contributed by atoms with Crippen LogP contribution in [0.25, 0.3) is 5.57 Å². The van der Waals surface area contributed by atoms with Crippen molar-refractivity contribution in [1.29, 1.82) is 0 Å². The van der Waals surface area contributed by atoms with Crippen molar-refractivity contribution in [2.24, 2.45) is 0 Å². The Hall–Kier alpha value is -3.10. The highest BCUT2D eigenvalue weighted by Crippen LogP contribution is 2.36. The Bertz CT molecular complexity index is 1110. The molecular weight excluding hydrogens is 416 g/mol. The number of β-amino-alcohol motifs (C(OH)–C–C–N with tert-alkyl or cyclic N) is 1. The van der Waals surface area contributed by atoms with Crippen molar-refractivity contribution < 1.29 is 23.5 Å². The number of imide groups is 1. The molecule has 0 aliphatic carbocycles. The Kier molecular flexibility index (Phi) is 6.08. The fourth-order valence-electron chi connectivity index (χ4n) is 4.19. The number of halogens is 2. The third-order valence-corrected chi connectivity index (χ3v) is 6.11. The first-order valence-electron chi connectivity index (χ1n) is 10.6. The summed E-state index contributed by atoms with van der Waals surface area (Å²) < 4.78 is 28.0. The smallest absolute Gasteiger partial charge is 0.282 e. The van der Waals surface area contributed by atoms with Crippen LogP contribution in [0, 0.1) is 25.5 Å². The third-order valence-electron chi connectivity index (χ3n) is 6.11. The van der Waals surface area contributed by atoms with E-state index in [9.17, 15) is 23.5 Å². The number of hydrogen-bond acceptors (Lipinski definition) is 5. The molecule has 0 atom stereocenters. The van der Waals surface area contributed by atoms with Crippen molar-refractivity contribution in [3.8, 4) is 0 Å². The second kappa shape index (κ2) is 8.80. The van der Waals surface area contributed by atoms with Crippen LogP contribution in [0.3, 0.4) is 0 Å². The molecule has 2 aromatic carbocycles. The number of amides is 2. The molecule has 1 N–H and O–H groups in total. The minimum Gasteiger partial charge on any atom is -0.395 e. The van der Waals surface area contributed by atoms with Gasteiger partial charge in [-0.3, -0.25) is 14.5 Å². The van der Waals surface area contributed by atoms with Crippen LogP contribution in [0.5, 0.6) is 0 Å². The van der Waals surface area contributed by atoms with Gasteiger partial charge in [-0.05, 0) is 42.7 Å². The van der Waals surface area contributed by atoms with Crippen molar-refractivity contribution in [1.82, 2.24) is 9.80 Å². The summed E-state index contributed by atoms with van der Waals surface area (Å²) in [5.41, 5.74) is 2.78. The Labute approximate surface area is 185 Å². The standard InChI is InChI=1S/C24H25F2N3O3/c1-15-3-4-17(13-16(15)2)21-22(28-9-7-27(8-10-28)11-12-30)24(32)29(23(21)31)20-6-5-18(25)14-19(20)26/h3-6,13-14,30H,7-12H2,1-2H3. The number of anilines is 1. The predicted octanol–water partition coefficient (Wildman–Crippen LogP) is 2.48. The summed E-state index contributed by atoms with van der Waals surface area (Å²) in [4.78, 5) is 31.7. The number of aliphatic hydroxyl groups is 1. The average Bonchev–Trinajstić information content (AvgIpc) is 3.01. The topological polar surface area (TPSA) is 64.1 Å². The van der Waals surface area contributed by atoms with Gasteiger partial charge in [-0.2, -0.15) is 0 Å². The number of aliphatic hydroxyl groups excluding tert-OH is 1. The molecule has 8 heteroatoms. The lowest BCUT2D eigenvalue weighted by Gasteiger charge is -2.36. The highest BCUT2D eigenvalue weighted by molar-refractivity contribution is 6.45. The van der Waals surface area contributed by atoms with Crippen LogP contribution in [0.2, 0.25) is 0 Å². The highest BCUT2D eigenvalue weighted by Gasteiger charge is 2.44. The number of hydrogen-bond donors (Lipinski definition) is 1. The molecule has 1 saturated heterocycles. The Balaban J connectivity index is 1.78. The van der Waals surface area contributed by atoms with Crippen LogP contribution in [-0.2, 0) is 9.59 Å². The maximum absolute atomic E-state index is 14.6. The molecule has 6 nitrogen and oxygen atoms in total. The maximum Gasteiger partial charge on any atom is 0.282 e. The fourth-order valence-corrected chi connectivity index (χ4v) is 4.19. The van der Waals surface area contributed by atoms with E-state index in [1.165, 1.54) is 0 Å². The molecule has 32 heavy (non-hydrogen) atoms. The molecule has 0 spiro atoms. The highest BCUT2D eigenvalue weighted by atomic mass is 19.1. The predicted molar refractivity (Wildman–Crippen MR) is 117 cm³/mol. The SMILES string of the molecule is Cc1ccc(C2=C(N3CCN(CCO)CC3)C(=O)N(c3ccc(F)cc3F)C2=O)cc1C. The second-order valence-corrected chi connectivity index (χ2v) is 8.12. The van der Waals surface area contributed by atoms with Crippen LogP contribution < -0.4 is 4.90 Å². The molecule has 2 aliphatic rings. The average molecular weight is 441 g/mol. The Morgan fingerprint density at radius 2 is 1.62 bits per heavy atom.